The molecule has 2 rings (SSSR count). The van der Waals surface area contributed by atoms with E-state index in [2.05, 4.69) is 5.32 Å². The predicted molar refractivity (Wildman–Crippen MR) is 63.9 cm³/mol. The Labute approximate surface area is 106 Å². The molecule has 1 heterocycles. The lowest BCUT2D eigenvalue weighted by atomic mass is 9.67. The maximum Gasteiger partial charge on any atom is 0.329 e. The Kier molecular flexibility index (Phi) is 3.59. The van der Waals surface area contributed by atoms with Crippen LogP contribution in [0.2, 0.25) is 0 Å². The number of carbonyl (C=O) groups excluding carboxylic acids is 1. The summed E-state index contributed by atoms with van der Waals surface area (Å²) in [6.07, 6.45) is 3.11. The Balaban J connectivity index is 2.09. The molecule has 0 atom stereocenters. The summed E-state index contributed by atoms with van der Waals surface area (Å²) in [4.78, 5) is 23.7. The number of amides is 1. The lowest BCUT2D eigenvalue weighted by Crippen LogP contribution is -2.62. The Hall–Kier alpha value is -1.14. The average Bonchev–Trinajstić information content (AvgIpc) is 2.29. The topological polar surface area (TPSA) is 102 Å². The van der Waals surface area contributed by atoms with Crippen LogP contribution in [0.3, 0.4) is 0 Å². The van der Waals surface area contributed by atoms with Crippen molar-refractivity contribution in [1.82, 2.24) is 5.32 Å². The molecule has 0 aromatic rings. The molecule has 1 amide bonds. The standard InChI is InChI=1S/C12H20N2O4/c13-8-11(2-1-3-11)9(15)14-12(10(16)17)4-6-18-7-5-12/h1-8,13H2,(H,14,15)(H,16,17). The molecule has 4 N–H and O–H groups in total. The molecule has 0 unspecified atom stereocenters. The molecule has 6 heteroatoms. The van der Waals surface area contributed by atoms with Crippen molar-refractivity contribution in [2.75, 3.05) is 19.8 Å². The number of nitrogens with one attached hydrogen (secondary N) is 1. The van der Waals surface area contributed by atoms with E-state index < -0.39 is 16.9 Å². The summed E-state index contributed by atoms with van der Waals surface area (Å²) in [5.41, 5.74) is 3.95. The summed E-state index contributed by atoms with van der Waals surface area (Å²) in [5.74, 6) is -1.19. The fraction of sp³-hybridized carbons (Fsp3) is 0.833. The molecule has 2 aliphatic rings. The lowest BCUT2D eigenvalue weighted by Gasteiger charge is -2.43. The Bertz CT molecular complexity index is 340. The minimum Gasteiger partial charge on any atom is -0.480 e. The van der Waals surface area contributed by atoms with Crippen molar-refractivity contribution in [1.29, 1.82) is 0 Å². The van der Waals surface area contributed by atoms with Gasteiger partial charge in [-0.15, -0.1) is 0 Å². The van der Waals surface area contributed by atoms with Crippen LogP contribution in [0.1, 0.15) is 32.1 Å². The maximum atomic E-state index is 12.3. The van der Waals surface area contributed by atoms with E-state index in [9.17, 15) is 14.7 Å². The molecule has 1 aliphatic heterocycles. The van der Waals surface area contributed by atoms with Crippen molar-refractivity contribution in [3.63, 3.8) is 0 Å². The number of hydrogen-bond acceptors (Lipinski definition) is 4. The highest BCUT2D eigenvalue weighted by Crippen LogP contribution is 2.40. The molecular formula is C12H20N2O4. The molecule has 2 fully saturated rings. The first-order valence-electron chi connectivity index (χ1n) is 6.39. The number of carboxylic acids is 1. The third kappa shape index (κ3) is 2.10. The highest BCUT2D eigenvalue weighted by Gasteiger charge is 2.48. The van der Waals surface area contributed by atoms with E-state index in [0.717, 1.165) is 19.3 Å². The third-order valence-corrected chi connectivity index (χ3v) is 4.29. The van der Waals surface area contributed by atoms with Crippen LogP contribution < -0.4 is 11.1 Å². The summed E-state index contributed by atoms with van der Waals surface area (Å²) in [7, 11) is 0. The van der Waals surface area contributed by atoms with Crippen molar-refractivity contribution in [3.8, 4) is 0 Å². The van der Waals surface area contributed by atoms with Gasteiger partial charge in [0.1, 0.15) is 5.54 Å². The smallest absolute Gasteiger partial charge is 0.329 e. The van der Waals surface area contributed by atoms with Crippen LogP contribution in [-0.2, 0) is 14.3 Å². The summed E-state index contributed by atoms with van der Waals surface area (Å²) in [6.45, 7) is 1.01. The van der Waals surface area contributed by atoms with E-state index in [1.54, 1.807) is 0 Å². The third-order valence-electron chi connectivity index (χ3n) is 4.29. The van der Waals surface area contributed by atoms with E-state index in [0.29, 0.717) is 26.1 Å². The van der Waals surface area contributed by atoms with Gasteiger partial charge < -0.3 is 20.9 Å². The molecular weight excluding hydrogens is 236 g/mol. The normalized spacial score (nSPS) is 24.9. The highest BCUT2D eigenvalue weighted by atomic mass is 16.5. The summed E-state index contributed by atoms with van der Waals surface area (Å²) >= 11 is 0. The summed E-state index contributed by atoms with van der Waals surface area (Å²) in [5, 5.41) is 12.1. The lowest BCUT2D eigenvalue weighted by molar-refractivity contribution is -0.155. The van der Waals surface area contributed by atoms with Crippen LogP contribution in [0.15, 0.2) is 0 Å². The molecule has 1 aliphatic carbocycles. The van der Waals surface area contributed by atoms with E-state index in [-0.39, 0.29) is 12.5 Å². The molecule has 1 saturated carbocycles. The fourth-order valence-electron chi connectivity index (χ4n) is 2.59. The number of nitrogens with two attached hydrogens (primary N) is 1. The first-order chi connectivity index (χ1) is 8.55. The second kappa shape index (κ2) is 4.85. The molecule has 102 valence electrons. The molecule has 0 aromatic heterocycles. The second-order valence-corrected chi connectivity index (χ2v) is 5.29. The van der Waals surface area contributed by atoms with Gasteiger partial charge in [0.2, 0.25) is 5.91 Å². The van der Waals surface area contributed by atoms with E-state index in [1.165, 1.54) is 0 Å². The monoisotopic (exact) mass is 256 g/mol. The minimum atomic E-state index is -1.17. The van der Waals surface area contributed by atoms with Gasteiger partial charge in [0.25, 0.3) is 0 Å². The van der Waals surface area contributed by atoms with E-state index in [4.69, 9.17) is 10.5 Å². The van der Waals surface area contributed by atoms with Gasteiger partial charge in [0.05, 0.1) is 5.41 Å². The van der Waals surface area contributed by atoms with Gasteiger partial charge in [0.15, 0.2) is 0 Å². The van der Waals surface area contributed by atoms with Gasteiger partial charge in [-0.2, -0.15) is 0 Å². The zero-order chi connectivity index (χ0) is 13.2. The SMILES string of the molecule is NCC1(C(=O)NC2(C(=O)O)CCOCC2)CCC1. The largest absolute Gasteiger partial charge is 0.480 e. The van der Waals surface area contributed by atoms with E-state index in [1.807, 2.05) is 0 Å². The van der Waals surface area contributed by atoms with Crippen molar-refractivity contribution < 1.29 is 19.4 Å². The summed E-state index contributed by atoms with van der Waals surface area (Å²) < 4.78 is 5.17. The Morgan fingerprint density at radius 1 is 1.22 bits per heavy atom. The van der Waals surface area contributed by atoms with Crippen LogP contribution >= 0.6 is 0 Å². The van der Waals surface area contributed by atoms with Crippen LogP contribution in [0, 0.1) is 5.41 Å². The van der Waals surface area contributed by atoms with Crippen LogP contribution in [0.4, 0.5) is 0 Å². The van der Waals surface area contributed by atoms with Crippen LogP contribution in [-0.4, -0.2) is 42.3 Å². The molecule has 0 radical (unpaired) electrons. The van der Waals surface area contributed by atoms with Gasteiger partial charge in [-0.25, -0.2) is 4.79 Å². The molecule has 0 aromatic carbocycles. The second-order valence-electron chi connectivity index (χ2n) is 5.29. The number of rotatable bonds is 4. The van der Waals surface area contributed by atoms with Gasteiger partial charge in [-0.1, -0.05) is 6.42 Å². The van der Waals surface area contributed by atoms with Crippen LogP contribution in [0.5, 0.6) is 0 Å². The van der Waals surface area contributed by atoms with Crippen molar-refractivity contribution in [3.05, 3.63) is 0 Å². The van der Waals surface area contributed by atoms with Gasteiger partial charge in [0, 0.05) is 32.6 Å². The first-order valence-corrected chi connectivity index (χ1v) is 6.39. The molecule has 1 saturated heterocycles. The Morgan fingerprint density at radius 3 is 2.22 bits per heavy atom. The Morgan fingerprint density at radius 2 is 1.83 bits per heavy atom. The highest BCUT2D eigenvalue weighted by molar-refractivity contribution is 5.90. The maximum absolute atomic E-state index is 12.3. The zero-order valence-electron chi connectivity index (χ0n) is 10.4. The average molecular weight is 256 g/mol. The minimum absolute atomic E-state index is 0.208. The quantitative estimate of drug-likeness (QED) is 0.650. The van der Waals surface area contributed by atoms with Crippen LogP contribution in [0.25, 0.3) is 0 Å². The summed E-state index contributed by atoms with van der Waals surface area (Å²) in [6, 6.07) is 0. The fourth-order valence-corrected chi connectivity index (χ4v) is 2.59. The predicted octanol–water partition coefficient (Wildman–Crippen LogP) is -0.135. The van der Waals surface area contributed by atoms with E-state index >= 15 is 0 Å². The molecule has 0 bridgehead atoms. The van der Waals surface area contributed by atoms with Crippen molar-refractivity contribution in [2.24, 2.45) is 11.1 Å². The van der Waals surface area contributed by atoms with Crippen molar-refractivity contribution >= 4 is 11.9 Å². The molecule has 6 nitrogen and oxygen atoms in total. The molecule has 18 heavy (non-hydrogen) atoms. The zero-order valence-corrected chi connectivity index (χ0v) is 10.4. The van der Waals surface area contributed by atoms with Gasteiger partial charge in [-0.05, 0) is 12.8 Å². The molecule has 0 spiro atoms. The number of carboxylic acid groups (broad SMARTS) is 1. The van der Waals surface area contributed by atoms with Crippen molar-refractivity contribution in [2.45, 2.75) is 37.6 Å². The number of carbonyl (C=O) groups is 2. The van der Waals surface area contributed by atoms with Gasteiger partial charge in [-0.3, -0.25) is 4.79 Å². The first kappa shape index (κ1) is 13.3. The number of hydrogen-bond donors (Lipinski definition) is 3. The number of ether oxygens (including phenoxy) is 1. The van der Waals surface area contributed by atoms with Gasteiger partial charge >= 0.3 is 5.97 Å². The number of aliphatic carboxylic acids is 1.